The smallest absolute Gasteiger partial charge is 0.329 e. The van der Waals surface area contributed by atoms with E-state index in [0.29, 0.717) is 19.4 Å². The number of carboxylic acid groups (broad SMARTS) is 1. The molecule has 1 unspecified atom stereocenters. The van der Waals surface area contributed by atoms with Crippen molar-refractivity contribution in [2.24, 2.45) is 0 Å². The summed E-state index contributed by atoms with van der Waals surface area (Å²) in [7, 11) is 0. The largest absolute Gasteiger partial charge is 0.480 e. The van der Waals surface area contributed by atoms with Crippen LogP contribution in [0.5, 0.6) is 0 Å². The Morgan fingerprint density at radius 1 is 0.600 bits per heavy atom. The van der Waals surface area contributed by atoms with Gasteiger partial charge in [0, 0.05) is 32.4 Å². The number of rotatable bonds is 40. The van der Waals surface area contributed by atoms with Gasteiger partial charge in [0.25, 0.3) is 0 Å². The number of unbranched alkanes of at least 4 members (excludes halogenated alkanes) is 12. The number of nitrogens with one attached hydrogen (secondary N) is 2. The van der Waals surface area contributed by atoms with E-state index in [1.807, 2.05) is 0 Å². The van der Waals surface area contributed by atoms with Gasteiger partial charge < -0.3 is 39.4 Å². The summed E-state index contributed by atoms with van der Waals surface area (Å²) in [6.45, 7) is 8.85. The lowest BCUT2D eigenvalue weighted by Crippen LogP contribution is -2.44. The van der Waals surface area contributed by atoms with Gasteiger partial charge in [0.2, 0.25) is 11.8 Å². The molecule has 0 aromatic carbocycles. The number of carbonyl (C=O) groups excluding carboxylic acids is 4. The Morgan fingerprint density at radius 2 is 1.15 bits per heavy atom. The first-order valence-electron chi connectivity index (χ1n) is 20.9. The first-order chi connectivity index (χ1) is 26.4. The average Bonchev–Trinajstić information content (AvgIpc) is 3.12. The molecule has 322 valence electrons. The average molecular weight is 805 g/mol. The molecule has 1 atom stereocenters. The molecule has 0 radical (unpaired) electrons. The summed E-state index contributed by atoms with van der Waals surface area (Å²) in [5.41, 5.74) is -0.710. The maximum absolute atomic E-state index is 12.9. The number of carboxylic acids is 1. The molecule has 0 fully saturated rings. The van der Waals surface area contributed by atoms with Crippen LogP contribution >= 0.6 is 11.8 Å². The second-order valence-corrected chi connectivity index (χ2v) is 16.1. The van der Waals surface area contributed by atoms with Crippen molar-refractivity contribution in [2.45, 2.75) is 161 Å². The molecule has 0 aliphatic carbocycles. The summed E-state index contributed by atoms with van der Waals surface area (Å²) >= 11 is 2.06. The molecular formula is C41H76N2O11S. The Morgan fingerprint density at radius 3 is 1.75 bits per heavy atom. The van der Waals surface area contributed by atoms with E-state index in [1.54, 1.807) is 20.8 Å². The molecule has 2 amide bonds. The van der Waals surface area contributed by atoms with E-state index in [9.17, 15) is 24.0 Å². The number of carbonyl (C=O) groups is 5. The highest BCUT2D eigenvalue weighted by Gasteiger charge is 2.27. The van der Waals surface area contributed by atoms with Crippen LogP contribution in [0, 0.1) is 0 Å². The van der Waals surface area contributed by atoms with Crippen molar-refractivity contribution in [2.75, 3.05) is 70.9 Å². The molecule has 55 heavy (non-hydrogen) atoms. The van der Waals surface area contributed by atoms with E-state index in [2.05, 4.69) is 29.3 Å². The monoisotopic (exact) mass is 805 g/mol. The standard InChI is InChI=1S/C41H76N2O11S/c1-5-6-7-8-9-10-11-14-17-31-55-32-18-15-12-13-16-21-37(45)43-36(40(49)54-41(2,3)4)23-22-35(44)20-19-25-50-27-29-52-33-38(46)42-24-26-51-28-30-53-34-39(47)48/h36H,5-34H2,1-4H3,(H,42,46)(H,43,45)(H,47,48). The number of hydrogen-bond acceptors (Lipinski definition) is 11. The van der Waals surface area contributed by atoms with Crippen molar-refractivity contribution < 1.29 is 52.8 Å². The van der Waals surface area contributed by atoms with Crippen LogP contribution < -0.4 is 10.6 Å². The minimum atomic E-state index is -1.04. The molecule has 14 heteroatoms. The van der Waals surface area contributed by atoms with E-state index in [-0.39, 0.29) is 89.7 Å². The van der Waals surface area contributed by atoms with Crippen molar-refractivity contribution >= 4 is 41.3 Å². The van der Waals surface area contributed by atoms with Gasteiger partial charge in [-0.3, -0.25) is 14.4 Å². The molecule has 0 aromatic heterocycles. The van der Waals surface area contributed by atoms with Gasteiger partial charge in [-0.25, -0.2) is 9.59 Å². The fraction of sp³-hybridized carbons (Fsp3) is 0.878. The Balaban J connectivity index is 4.01. The third kappa shape index (κ3) is 39.8. The quantitative estimate of drug-likeness (QED) is 0.0436. The number of amides is 2. The Bertz CT molecular complexity index is 994. The fourth-order valence-electron chi connectivity index (χ4n) is 5.40. The number of ketones is 1. The number of esters is 1. The van der Waals surface area contributed by atoms with Crippen LogP contribution in [0.25, 0.3) is 0 Å². The zero-order valence-electron chi connectivity index (χ0n) is 34.7. The summed E-state index contributed by atoms with van der Waals surface area (Å²) < 4.78 is 26.4. The van der Waals surface area contributed by atoms with Crippen molar-refractivity contribution in [1.82, 2.24) is 10.6 Å². The molecular weight excluding hydrogens is 729 g/mol. The van der Waals surface area contributed by atoms with Gasteiger partial charge >= 0.3 is 11.9 Å². The lowest BCUT2D eigenvalue weighted by atomic mass is 10.0. The van der Waals surface area contributed by atoms with Crippen molar-refractivity contribution in [3.8, 4) is 0 Å². The minimum Gasteiger partial charge on any atom is -0.480 e. The van der Waals surface area contributed by atoms with Gasteiger partial charge in [-0.15, -0.1) is 0 Å². The Labute approximate surface area is 336 Å². The summed E-state index contributed by atoms with van der Waals surface area (Å²) in [5, 5.41) is 13.9. The van der Waals surface area contributed by atoms with E-state index in [4.69, 9.17) is 28.8 Å². The molecule has 0 spiro atoms. The van der Waals surface area contributed by atoms with Gasteiger partial charge in [0.05, 0.1) is 33.0 Å². The van der Waals surface area contributed by atoms with Crippen LogP contribution in [0.3, 0.4) is 0 Å². The normalized spacial score (nSPS) is 12.0. The molecule has 0 aromatic rings. The zero-order chi connectivity index (χ0) is 40.8. The van der Waals surface area contributed by atoms with E-state index < -0.39 is 23.6 Å². The molecule has 3 N–H and O–H groups in total. The van der Waals surface area contributed by atoms with Gasteiger partial charge in [-0.1, -0.05) is 77.6 Å². The van der Waals surface area contributed by atoms with Crippen molar-refractivity contribution in [1.29, 1.82) is 0 Å². The first-order valence-corrected chi connectivity index (χ1v) is 22.0. The molecule has 0 aliphatic heterocycles. The molecule has 0 saturated heterocycles. The van der Waals surface area contributed by atoms with Crippen molar-refractivity contribution in [3.05, 3.63) is 0 Å². The van der Waals surface area contributed by atoms with Crippen LogP contribution in [-0.2, 0) is 47.7 Å². The van der Waals surface area contributed by atoms with Crippen LogP contribution in [-0.4, -0.2) is 117 Å². The van der Waals surface area contributed by atoms with Crippen LogP contribution in [0.1, 0.15) is 150 Å². The molecule has 0 rings (SSSR count). The highest BCUT2D eigenvalue weighted by molar-refractivity contribution is 7.99. The van der Waals surface area contributed by atoms with Gasteiger partial charge in [-0.2, -0.15) is 11.8 Å². The molecule has 0 bridgehead atoms. The maximum Gasteiger partial charge on any atom is 0.329 e. The Hall–Kier alpha value is -2.26. The molecule has 0 heterocycles. The van der Waals surface area contributed by atoms with E-state index in [0.717, 1.165) is 19.3 Å². The predicted octanol–water partition coefficient (Wildman–Crippen LogP) is 6.81. The minimum absolute atomic E-state index is 0.0255. The molecule has 0 saturated carbocycles. The second-order valence-electron chi connectivity index (χ2n) is 14.9. The zero-order valence-corrected chi connectivity index (χ0v) is 35.5. The highest BCUT2D eigenvalue weighted by atomic mass is 32.2. The summed E-state index contributed by atoms with van der Waals surface area (Å²) in [4.78, 5) is 60.3. The fourth-order valence-corrected chi connectivity index (χ4v) is 6.43. The third-order valence-electron chi connectivity index (χ3n) is 8.34. The van der Waals surface area contributed by atoms with Crippen molar-refractivity contribution in [3.63, 3.8) is 0 Å². The van der Waals surface area contributed by atoms with E-state index in [1.165, 1.54) is 82.1 Å². The number of hydrogen-bond donors (Lipinski definition) is 3. The molecule has 0 aliphatic rings. The first kappa shape index (κ1) is 52.7. The lowest BCUT2D eigenvalue weighted by molar-refractivity contribution is -0.159. The van der Waals surface area contributed by atoms with E-state index >= 15 is 0 Å². The lowest BCUT2D eigenvalue weighted by Gasteiger charge is -2.24. The summed E-state index contributed by atoms with van der Waals surface area (Å²) in [5.74, 6) is 0.371. The Kier molecular flexibility index (Phi) is 35.8. The van der Waals surface area contributed by atoms with Crippen LogP contribution in [0.15, 0.2) is 0 Å². The summed E-state index contributed by atoms with van der Waals surface area (Å²) in [6, 6.07) is -0.873. The maximum atomic E-state index is 12.9. The number of thioether (sulfide) groups is 1. The number of aliphatic carboxylic acids is 1. The SMILES string of the molecule is CCCCCCCCCCCSCCCCCCCC(=O)NC(CCC(=O)CCCOCCOCC(=O)NCCOCCOCC(=O)O)C(=O)OC(C)(C)C. The second kappa shape index (κ2) is 37.3. The topological polar surface area (TPSA) is 176 Å². The van der Waals surface area contributed by atoms with Gasteiger partial charge in [0.1, 0.15) is 30.6 Å². The highest BCUT2D eigenvalue weighted by Crippen LogP contribution is 2.15. The number of Topliss-reactive ketones (excluding diaryl/α,β-unsaturated/α-hetero) is 1. The summed E-state index contributed by atoms with van der Waals surface area (Å²) in [6.07, 6.45) is 19.0. The third-order valence-corrected chi connectivity index (χ3v) is 9.49. The van der Waals surface area contributed by atoms with Gasteiger partial charge in [-0.05, 0) is 64.4 Å². The number of ether oxygens (including phenoxy) is 5. The van der Waals surface area contributed by atoms with Gasteiger partial charge in [0.15, 0.2) is 0 Å². The van der Waals surface area contributed by atoms with Crippen LogP contribution in [0.2, 0.25) is 0 Å². The predicted molar refractivity (Wildman–Crippen MR) is 217 cm³/mol. The van der Waals surface area contributed by atoms with Crippen LogP contribution in [0.4, 0.5) is 0 Å². The molecule has 13 nitrogen and oxygen atoms in total.